The summed E-state index contributed by atoms with van der Waals surface area (Å²) in [4.78, 5) is 37.1. The van der Waals surface area contributed by atoms with Crippen molar-refractivity contribution in [1.29, 1.82) is 0 Å². The number of carbonyl (C=O) groups excluding carboxylic acids is 3. The molecule has 1 aromatic carbocycles. The number of fused-ring (bicyclic) bond motifs is 1. The number of hydrogen-bond acceptors (Lipinski definition) is 4. The van der Waals surface area contributed by atoms with Gasteiger partial charge in [0.25, 0.3) is 11.8 Å². The molecule has 24 heavy (non-hydrogen) atoms. The van der Waals surface area contributed by atoms with E-state index in [-0.39, 0.29) is 37.0 Å². The van der Waals surface area contributed by atoms with Crippen molar-refractivity contribution >= 4 is 17.8 Å². The maximum atomic E-state index is 12.1. The number of carbonyl (C=O) groups is 3. The van der Waals surface area contributed by atoms with Crippen molar-refractivity contribution in [2.75, 3.05) is 26.2 Å². The van der Waals surface area contributed by atoms with E-state index in [4.69, 9.17) is 4.74 Å². The molecule has 0 aromatic heterocycles. The van der Waals surface area contributed by atoms with E-state index in [1.165, 1.54) is 0 Å². The molecule has 0 bridgehead atoms. The molecule has 2 N–H and O–H groups in total. The van der Waals surface area contributed by atoms with Crippen LogP contribution < -0.4 is 10.6 Å². The molecule has 1 heterocycles. The molecular formula is C17H23N3O4. The van der Waals surface area contributed by atoms with Crippen LogP contribution in [-0.4, -0.2) is 55.1 Å². The molecule has 130 valence electrons. The van der Waals surface area contributed by atoms with Crippen molar-refractivity contribution in [1.82, 2.24) is 15.5 Å². The monoisotopic (exact) mass is 333 g/mol. The van der Waals surface area contributed by atoms with Gasteiger partial charge in [0.1, 0.15) is 0 Å². The van der Waals surface area contributed by atoms with E-state index in [0.717, 1.165) is 11.3 Å². The third-order valence-corrected chi connectivity index (χ3v) is 3.56. The summed E-state index contributed by atoms with van der Waals surface area (Å²) in [6, 6.07) is 6.39. The number of benzene rings is 1. The van der Waals surface area contributed by atoms with E-state index in [2.05, 4.69) is 10.6 Å². The Balaban J connectivity index is 1.67. The second kappa shape index (κ2) is 8.44. The van der Waals surface area contributed by atoms with Crippen LogP contribution in [0.5, 0.6) is 0 Å². The second-order valence-corrected chi connectivity index (χ2v) is 5.76. The van der Waals surface area contributed by atoms with E-state index >= 15 is 0 Å². The predicted molar refractivity (Wildman–Crippen MR) is 88.9 cm³/mol. The molecule has 0 aliphatic carbocycles. The average Bonchev–Trinajstić information content (AvgIpc) is 2.79. The third-order valence-electron chi connectivity index (χ3n) is 3.56. The lowest BCUT2D eigenvalue weighted by molar-refractivity contribution is 0.0655. The summed E-state index contributed by atoms with van der Waals surface area (Å²) in [5.74, 6) is -0.632. The molecule has 4 amide bonds. The largest absolute Gasteiger partial charge is 0.379 e. The predicted octanol–water partition coefficient (Wildman–Crippen LogP) is 1.40. The number of imide groups is 1. The van der Waals surface area contributed by atoms with Crippen LogP contribution in [0.4, 0.5) is 4.79 Å². The van der Waals surface area contributed by atoms with Crippen molar-refractivity contribution in [3.8, 4) is 0 Å². The SMILES string of the molecule is CC(C)OCCCNC(=O)NCCN1C(=O)c2ccccc2C1=O. The minimum absolute atomic E-state index is 0.149. The fourth-order valence-electron chi connectivity index (χ4n) is 2.38. The molecule has 1 aliphatic rings. The highest BCUT2D eigenvalue weighted by Gasteiger charge is 2.34. The number of nitrogens with zero attached hydrogens (tertiary/aromatic N) is 1. The fraction of sp³-hybridized carbons (Fsp3) is 0.471. The van der Waals surface area contributed by atoms with Crippen LogP contribution in [-0.2, 0) is 4.74 Å². The summed E-state index contributed by atoms with van der Waals surface area (Å²) in [7, 11) is 0. The van der Waals surface area contributed by atoms with Gasteiger partial charge in [-0.15, -0.1) is 0 Å². The van der Waals surface area contributed by atoms with Crippen molar-refractivity contribution in [3.63, 3.8) is 0 Å². The second-order valence-electron chi connectivity index (χ2n) is 5.76. The topological polar surface area (TPSA) is 87.7 Å². The van der Waals surface area contributed by atoms with Gasteiger partial charge in [0, 0.05) is 26.2 Å². The van der Waals surface area contributed by atoms with Gasteiger partial charge < -0.3 is 15.4 Å². The molecule has 7 nitrogen and oxygen atoms in total. The Labute approximate surface area is 141 Å². The lowest BCUT2D eigenvalue weighted by Gasteiger charge is -2.14. The van der Waals surface area contributed by atoms with Crippen LogP contribution in [0.1, 0.15) is 41.0 Å². The summed E-state index contributed by atoms with van der Waals surface area (Å²) < 4.78 is 5.37. The summed E-state index contributed by atoms with van der Waals surface area (Å²) in [5, 5.41) is 5.34. The van der Waals surface area contributed by atoms with Gasteiger partial charge in [0.05, 0.1) is 17.2 Å². The molecule has 0 saturated heterocycles. The van der Waals surface area contributed by atoms with Crippen LogP contribution >= 0.6 is 0 Å². The molecule has 0 spiro atoms. The Morgan fingerprint density at radius 1 is 1.08 bits per heavy atom. The molecule has 0 radical (unpaired) electrons. The highest BCUT2D eigenvalue weighted by Crippen LogP contribution is 2.21. The van der Waals surface area contributed by atoms with Gasteiger partial charge >= 0.3 is 6.03 Å². The van der Waals surface area contributed by atoms with Crippen molar-refractivity contribution in [2.24, 2.45) is 0 Å². The Morgan fingerprint density at radius 2 is 1.67 bits per heavy atom. The van der Waals surface area contributed by atoms with E-state index in [1.54, 1.807) is 24.3 Å². The third kappa shape index (κ3) is 4.55. The van der Waals surface area contributed by atoms with Gasteiger partial charge in [-0.25, -0.2) is 4.79 Å². The van der Waals surface area contributed by atoms with Crippen LogP contribution in [0.25, 0.3) is 0 Å². The number of amides is 4. The number of rotatable bonds is 8. The van der Waals surface area contributed by atoms with E-state index in [0.29, 0.717) is 24.3 Å². The zero-order valence-corrected chi connectivity index (χ0v) is 14.0. The molecule has 7 heteroatoms. The van der Waals surface area contributed by atoms with Gasteiger partial charge in [0.15, 0.2) is 0 Å². The maximum Gasteiger partial charge on any atom is 0.314 e. The lowest BCUT2D eigenvalue weighted by Crippen LogP contribution is -2.42. The Kier molecular flexibility index (Phi) is 6.31. The minimum Gasteiger partial charge on any atom is -0.379 e. The molecule has 0 atom stereocenters. The van der Waals surface area contributed by atoms with Crippen LogP contribution in [0.3, 0.4) is 0 Å². The molecule has 1 aromatic rings. The molecule has 0 saturated carbocycles. The van der Waals surface area contributed by atoms with Crippen LogP contribution in [0.2, 0.25) is 0 Å². The number of hydrogen-bond donors (Lipinski definition) is 2. The van der Waals surface area contributed by atoms with Crippen molar-refractivity contribution in [3.05, 3.63) is 35.4 Å². The molecule has 2 rings (SSSR count). The standard InChI is InChI=1S/C17H23N3O4/c1-12(2)24-11-5-8-18-17(23)19-9-10-20-15(21)13-6-3-4-7-14(13)16(20)22/h3-4,6-7,12H,5,8-11H2,1-2H3,(H2,18,19,23). The number of nitrogens with one attached hydrogen (secondary N) is 2. The lowest BCUT2D eigenvalue weighted by atomic mass is 10.1. The summed E-state index contributed by atoms with van der Waals surface area (Å²) in [6.07, 6.45) is 0.905. The van der Waals surface area contributed by atoms with Crippen LogP contribution in [0, 0.1) is 0 Å². The zero-order valence-electron chi connectivity index (χ0n) is 14.0. The highest BCUT2D eigenvalue weighted by molar-refractivity contribution is 6.21. The average molecular weight is 333 g/mol. The first kappa shape index (κ1) is 17.9. The minimum atomic E-state index is -0.323. The first-order chi connectivity index (χ1) is 11.5. The Bertz CT molecular complexity index is 581. The fourth-order valence-corrected chi connectivity index (χ4v) is 2.38. The molecule has 0 fully saturated rings. The number of ether oxygens (including phenoxy) is 1. The van der Waals surface area contributed by atoms with Gasteiger partial charge in [-0.1, -0.05) is 12.1 Å². The van der Waals surface area contributed by atoms with E-state index in [9.17, 15) is 14.4 Å². The normalized spacial score (nSPS) is 13.4. The maximum absolute atomic E-state index is 12.1. The van der Waals surface area contributed by atoms with Crippen molar-refractivity contribution in [2.45, 2.75) is 26.4 Å². The Morgan fingerprint density at radius 3 is 2.25 bits per heavy atom. The molecule has 1 aliphatic heterocycles. The smallest absolute Gasteiger partial charge is 0.314 e. The zero-order chi connectivity index (χ0) is 17.5. The Hall–Kier alpha value is -2.41. The first-order valence-corrected chi connectivity index (χ1v) is 8.09. The van der Waals surface area contributed by atoms with Gasteiger partial charge in [-0.2, -0.15) is 0 Å². The van der Waals surface area contributed by atoms with E-state index < -0.39 is 0 Å². The van der Waals surface area contributed by atoms with Gasteiger partial charge in [-0.3, -0.25) is 14.5 Å². The molecular weight excluding hydrogens is 310 g/mol. The first-order valence-electron chi connectivity index (χ1n) is 8.09. The quantitative estimate of drug-likeness (QED) is 0.556. The summed E-state index contributed by atoms with van der Waals surface area (Å²) in [5.41, 5.74) is 0.828. The molecule has 0 unspecified atom stereocenters. The van der Waals surface area contributed by atoms with E-state index in [1.807, 2.05) is 13.8 Å². The van der Waals surface area contributed by atoms with Crippen LogP contribution in [0.15, 0.2) is 24.3 Å². The highest BCUT2D eigenvalue weighted by atomic mass is 16.5. The van der Waals surface area contributed by atoms with Crippen molar-refractivity contribution < 1.29 is 19.1 Å². The summed E-state index contributed by atoms with van der Waals surface area (Å²) in [6.45, 7) is 5.37. The van der Waals surface area contributed by atoms with Gasteiger partial charge in [0.2, 0.25) is 0 Å². The number of urea groups is 1. The van der Waals surface area contributed by atoms with Gasteiger partial charge in [-0.05, 0) is 32.4 Å². The summed E-state index contributed by atoms with van der Waals surface area (Å²) >= 11 is 0.